The molecule has 1 aromatic carbocycles. The number of aromatic nitrogens is 6. The fraction of sp³-hybridized carbons (Fsp3) is 0.391. The Morgan fingerprint density at radius 2 is 1.91 bits per heavy atom. The molecule has 0 amide bonds. The van der Waals surface area contributed by atoms with Crippen LogP contribution in [0.25, 0.3) is 22.3 Å². The standard InChI is InChI=1S/C23H23F4N7/c1-3-17-19-20(32-31-17)28-12-29-22(19)34-8-6-13(7-9-34)21-30-18(11-33(21)2)14-4-5-16(24)15(10-14)23(25,26)27/h4-5,10-13H,3,6-9H2,1-2H3,(H,28,29,31,32). The highest BCUT2D eigenvalue weighted by atomic mass is 19.4. The molecule has 178 valence electrons. The van der Waals surface area contributed by atoms with Crippen LogP contribution in [0.15, 0.2) is 30.7 Å². The third-order valence-electron chi connectivity index (χ3n) is 6.39. The second-order valence-electron chi connectivity index (χ2n) is 8.49. The van der Waals surface area contributed by atoms with Gasteiger partial charge in [0, 0.05) is 37.8 Å². The van der Waals surface area contributed by atoms with Crippen molar-refractivity contribution < 1.29 is 17.6 Å². The topological polar surface area (TPSA) is 75.5 Å². The predicted octanol–water partition coefficient (Wildman–Crippen LogP) is 4.86. The molecule has 0 spiro atoms. The van der Waals surface area contributed by atoms with E-state index < -0.39 is 17.6 Å². The third-order valence-corrected chi connectivity index (χ3v) is 6.39. The Hall–Kier alpha value is -3.50. The lowest BCUT2D eigenvalue weighted by Gasteiger charge is -2.32. The van der Waals surface area contributed by atoms with Crippen molar-refractivity contribution in [3.63, 3.8) is 0 Å². The predicted molar refractivity (Wildman–Crippen MR) is 119 cm³/mol. The summed E-state index contributed by atoms with van der Waals surface area (Å²) in [4.78, 5) is 15.6. The number of halogens is 4. The first kappa shape index (κ1) is 22.3. The lowest BCUT2D eigenvalue weighted by atomic mass is 9.95. The summed E-state index contributed by atoms with van der Waals surface area (Å²) in [5.41, 5.74) is 0.999. The van der Waals surface area contributed by atoms with E-state index in [1.807, 2.05) is 18.5 Å². The lowest BCUT2D eigenvalue weighted by Crippen LogP contribution is -2.34. The molecular weight excluding hydrogens is 450 g/mol. The van der Waals surface area contributed by atoms with Gasteiger partial charge in [-0.25, -0.2) is 19.3 Å². The van der Waals surface area contributed by atoms with E-state index in [9.17, 15) is 17.6 Å². The zero-order chi connectivity index (χ0) is 24.0. The Labute approximate surface area is 192 Å². The molecule has 1 saturated heterocycles. The minimum atomic E-state index is -4.76. The molecule has 0 saturated carbocycles. The molecule has 1 N–H and O–H groups in total. The number of H-pyrrole nitrogens is 1. The van der Waals surface area contributed by atoms with E-state index in [-0.39, 0.29) is 11.5 Å². The van der Waals surface area contributed by atoms with Gasteiger partial charge in [0.15, 0.2) is 5.65 Å². The van der Waals surface area contributed by atoms with Crippen LogP contribution in [0.4, 0.5) is 23.4 Å². The maximum atomic E-state index is 13.7. The number of fused-ring (bicyclic) bond motifs is 1. The second kappa shape index (κ2) is 8.37. The largest absolute Gasteiger partial charge is 0.419 e. The van der Waals surface area contributed by atoms with Crippen LogP contribution >= 0.6 is 0 Å². The molecule has 0 unspecified atom stereocenters. The van der Waals surface area contributed by atoms with Gasteiger partial charge in [0.05, 0.1) is 22.3 Å². The van der Waals surface area contributed by atoms with E-state index in [4.69, 9.17) is 0 Å². The maximum absolute atomic E-state index is 13.7. The molecule has 7 nitrogen and oxygen atoms in total. The van der Waals surface area contributed by atoms with Gasteiger partial charge in [-0.3, -0.25) is 5.10 Å². The lowest BCUT2D eigenvalue weighted by molar-refractivity contribution is -0.139. The van der Waals surface area contributed by atoms with E-state index in [1.165, 1.54) is 12.4 Å². The molecule has 1 aliphatic heterocycles. The minimum Gasteiger partial charge on any atom is -0.356 e. The summed E-state index contributed by atoms with van der Waals surface area (Å²) in [5.74, 6) is 0.519. The number of benzene rings is 1. The Morgan fingerprint density at radius 1 is 1.15 bits per heavy atom. The average molecular weight is 473 g/mol. The van der Waals surface area contributed by atoms with E-state index in [0.29, 0.717) is 5.69 Å². The van der Waals surface area contributed by atoms with Gasteiger partial charge in [0.25, 0.3) is 0 Å². The van der Waals surface area contributed by atoms with Gasteiger partial charge < -0.3 is 9.47 Å². The zero-order valence-electron chi connectivity index (χ0n) is 18.7. The number of hydrogen-bond donors (Lipinski definition) is 1. The second-order valence-corrected chi connectivity index (χ2v) is 8.49. The van der Waals surface area contributed by atoms with Crippen molar-refractivity contribution in [1.29, 1.82) is 0 Å². The Bertz CT molecular complexity index is 1330. The quantitative estimate of drug-likeness (QED) is 0.429. The smallest absolute Gasteiger partial charge is 0.356 e. The highest BCUT2D eigenvalue weighted by molar-refractivity contribution is 5.89. The average Bonchev–Trinajstić information content (AvgIpc) is 3.42. The molecule has 0 bridgehead atoms. The van der Waals surface area contributed by atoms with Crippen LogP contribution in [0.1, 0.15) is 42.8 Å². The first-order valence-corrected chi connectivity index (χ1v) is 11.1. The van der Waals surface area contributed by atoms with Gasteiger partial charge in [-0.2, -0.15) is 18.3 Å². The first-order chi connectivity index (χ1) is 16.3. The van der Waals surface area contributed by atoms with Crippen molar-refractivity contribution in [3.8, 4) is 11.3 Å². The van der Waals surface area contributed by atoms with Gasteiger partial charge in [-0.15, -0.1) is 0 Å². The molecule has 1 aliphatic rings. The summed E-state index contributed by atoms with van der Waals surface area (Å²) in [5, 5.41) is 8.24. The molecule has 0 radical (unpaired) electrons. The highest BCUT2D eigenvalue weighted by Gasteiger charge is 2.34. The number of hydrogen-bond acceptors (Lipinski definition) is 5. The number of anilines is 1. The van der Waals surface area contributed by atoms with Crippen LogP contribution in [0.5, 0.6) is 0 Å². The zero-order valence-corrected chi connectivity index (χ0v) is 18.7. The number of nitrogens with one attached hydrogen (secondary N) is 1. The Kier molecular flexibility index (Phi) is 5.49. The molecule has 34 heavy (non-hydrogen) atoms. The number of imidazole rings is 1. The molecule has 4 aromatic rings. The van der Waals surface area contributed by atoms with Crippen LogP contribution in [-0.4, -0.2) is 42.8 Å². The van der Waals surface area contributed by atoms with Crippen LogP contribution < -0.4 is 4.90 Å². The fourth-order valence-electron chi connectivity index (χ4n) is 4.65. The molecule has 5 rings (SSSR count). The van der Waals surface area contributed by atoms with Gasteiger partial charge >= 0.3 is 6.18 Å². The van der Waals surface area contributed by atoms with E-state index in [2.05, 4.69) is 30.0 Å². The normalized spacial score (nSPS) is 15.4. The van der Waals surface area contributed by atoms with Crippen molar-refractivity contribution in [2.75, 3.05) is 18.0 Å². The minimum absolute atomic E-state index is 0.143. The van der Waals surface area contributed by atoms with Crippen molar-refractivity contribution in [2.45, 2.75) is 38.3 Å². The maximum Gasteiger partial charge on any atom is 0.419 e. The van der Waals surface area contributed by atoms with Crippen LogP contribution in [0.2, 0.25) is 0 Å². The van der Waals surface area contributed by atoms with Gasteiger partial charge in [-0.1, -0.05) is 6.92 Å². The molecule has 4 heterocycles. The number of aryl methyl sites for hydroxylation is 2. The van der Waals surface area contributed by atoms with Crippen LogP contribution in [-0.2, 0) is 19.6 Å². The van der Waals surface area contributed by atoms with Crippen molar-refractivity contribution in [3.05, 3.63) is 53.6 Å². The molecular formula is C23H23F4N7. The van der Waals surface area contributed by atoms with Crippen LogP contribution in [0, 0.1) is 5.82 Å². The Balaban J connectivity index is 1.37. The number of rotatable bonds is 4. The van der Waals surface area contributed by atoms with Gasteiger partial charge in [-0.05, 0) is 37.5 Å². The molecule has 3 aromatic heterocycles. The summed E-state index contributed by atoms with van der Waals surface area (Å²) < 4.78 is 54.9. The van der Waals surface area contributed by atoms with E-state index in [0.717, 1.165) is 72.9 Å². The molecule has 0 atom stereocenters. The fourth-order valence-corrected chi connectivity index (χ4v) is 4.65. The Morgan fingerprint density at radius 3 is 2.62 bits per heavy atom. The number of alkyl halides is 3. The van der Waals surface area contributed by atoms with E-state index >= 15 is 0 Å². The molecule has 1 fully saturated rings. The van der Waals surface area contributed by atoms with Gasteiger partial charge in [0.2, 0.25) is 0 Å². The molecule has 11 heteroatoms. The van der Waals surface area contributed by atoms with Gasteiger partial charge in [0.1, 0.15) is 23.8 Å². The first-order valence-electron chi connectivity index (χ1n) is 11.1. The summed E-state index contributed by atoms with van der Waals surface area (Å²) in [6.07, 6.45) is 0.862. The number of nitrogens with zero attached hydrogens (tertiary/aromatic N) is 6. The SMILES string of the molecule is CCc1n[nH]c2ncnc(N3CCC(c4nc(-c5ccc(F)c(C(F)(F)F)c5)cn4C)CC3)c12. The highest BCUT2D eigenvalue weighted by Crippen LogP contribution is 2.36. The van der Waals surface area contributed by atoms with Crippen molar-refractivity contribution in [1.82, 2.24) is 29.7 Å². The summed E-state index contributed by atoms with van der Waals surface area (Å²) in [7, 11) is 1.83. The summed E-state index contributed by atoms with van der Waals surface area (Å²) >= 11 is 0. The summed E-state index contributed by atoms with van der Waals surface area (Å²) in [6.45, 7) is 3.54. The number of piperidine rings is 1. The van der Waals surface area contributed by atoms with E-state index in [1.54, 1.807) is 6.20 Å². The number of aromatic amines is 1. The summed E-state index contributed by atoms with van der Waals surface area (Å²) in [6, 6.07) is 2.99. The molecule has 0 aliphatic carbocycles. The third kappa shape index (κ3) is 3.88. The van der Waals surface area contributed by atoms with Crippen molar-refractivity contribution >= 4 is 16.9 Å². The van der Waals surface area contributed by atoms with Crippen molar-refractivity contribution in [2.24, 2.45) is 7.05 Å². The monoisotopic (exact) mass is 473 g/mol. The van der Waals surface area contributed by atoms with Crippen LogP contribution in [0.3, 0.4) is 0 Å².